The quantitative estimate of drug-likeness (QED) is 0.765. The van der Waals surface area contributed by atoms with Crippen LogP contribution in [0.4, 0.5) is 0 Å². The molecule has 0 spiro atoms. The summed E-state index contributed by atoms with van der Waals surface area (Å²) in [4.78, 5) is 1.42. The zero-order valence-electron chi connectivity index (χ0n) is 12.7. The topological polar surface area (TPSA) is 21.3 Å². The molecule has 1 aromatic carbocycles. The summed E-state index contributed by atoms with van der Waals surface area (Å²) in [5, 5.41) is 4.21. The Kier molecular flexibility index (Phi) is 6.91. The predicted octanol–water partition coefficient (Wildman–Crippen LogP) is 4.09. The van der Waals surface area contributed by atoms with Gasteiger partial charge in [0.1, 0.15) is 0 Å². The Balaban J connectivity index is 1.73. The van der Waals surface area contributed by atoms with E-state index in [9.17, 15) is 0 Å². The van der Waals surface area contributed by atoms with Crippen LogP contribution < -0.4 is 5.32 Å². The third-order valence-corrected chi connectivity index (χ3v) is 5.35. The van der Waals surface area contributed by atoms with Gasteiger partial charge in [0.25, 0.3) is 0 Å². The monoisotopic (exact) mass is 293 g/mol. The summed E-state index contributed by atoms with van der Waals surface area (Å²) in [6.07, 6.45) is 5.57. The minimum atomic E-state index is 0.772. The fraction of sp³-hybridized carbons (Fsp3) is 0.647. The van der Waals surface area contributed by atoms with Crippen molar-refractivity contribution in [3.05, 3.63) is 29.8 Å². The molecule has 0 heterocycles. The minimum absolute atomic E-state index is 0.772. The number of nitrogens with one attached hydrogen (secondary N) is 1. The molecule has 0 amide bonds. The van der Waals surface area contributed by atoms with Gasteiger partial charge in [-0.2, -0.15) is 0 Å². The van der Waals surface area contributed by atoms with E-state index in [2.05, 4.69) is 48.3 Å². The van der Waals surface area contributed by atoms with Crippen LogP contribution in [0.25, 0.3) is 0 Å². The van der Waals surface area contributed by atoms with Crippen molar-refractivity contribution in [3.8, 4) is 0 Å². The van der Waals surface area contributed by atoms with Crippen molar-refractivity contribution in [1.29, 1.82) is 0 Å². The zero-order chi connectivity index (χ0) is 14.2. The highest BCUT2D eigenvalue weighted by atomic mass is 32.2. The van der Waals surface area contributed by atoms with Gasteiger partial charge < -0.3 is 10.1 Å². The van der Waals surface area contributed by atoms with E-state index in [4.69, 9.17) is 4.74 Å². The van der Waals surface area contributed by atoms with Gasteiger partial charge >= 0.3 is 0 Å². The maximum absolute atomic E-state index is 5.03. The first-order valence-electron chi connectivity index (χ1n) is 7.73. The van der Waals surface area contributed by atoms with Gasteiger partial charge in [-0.1, -0.05) is 19.1 Å². The van der Waals surface area contributed by atoms with Crippen LogP contribution in [0, 0.1) is 5.92 Å². The molecule has 1 aromatic rings. The Labute approximate surface area is 127 Å². The minimum Gasteiger partial charge on any atom is -0.383 e. The van der Waals surface area contributed by atoms with Gasteiger partial charge in [0, 0.05) is 30.3 Å². The van der Waals surface area contributed by atoms with Crippen LogP contribution in [-0.2, 0) is 11.3 Å². The van der Waals surface area contributed by atoms with Gasteiger partial charge in [0.05, 0.1) is 6.61 Å². The standard InChI is InChI=1S/C17H27NOS/c1-14-3-7-16(8-4-14)20-17-9-5-15(6-10-17)13-18-11-12-19-2/h5-6,9-10,14,16,18H,3-4,7-8,11-13H2,1-2H3. The molecule has 2 nitrogen and oxygen atoms in total. The SMILES string of the molecule is COCCNCc1ccc(SC2CCC(C)CC2)cc1. The molecular formula is C17H27NOS. The van der Waals surface area contributed by atoms with Crippen molar-refractivity contribution in [2.75, 3.05) is 20.3 Å². The lowest BCUT2D eigenvalue weighted by Gasteiger charge is -2.25. The Morgan fingerprint density at radius 2 is 1.85 bits per heavy atom. The number of thioether (sulfide) groups is 1. The molecule has 0 unspecified atom stereocenters. The lowest BCUT2D eigenvalue weighted by molar-refractivity contribution is 0.199. The number of rotatable bonds is 7. The number of hydrogen-bond acceptors (Lipinski definition) is 3. The highest BCUT2D eigenvalue weighted by molar-refractivity contribution is 8.00. The number of ether oxygens (including phenoxy) is 1. The number of hydrogen-bond donors (Lipinski definition) is 1. The molecule has 1 fully saturated rings. The van der Waals surface area contributed by atoms with Crippen LogP contribution in [-0.4, -0.2) is 25.5 Å². The first kappa shape index (κ1) is 15.9. The van der Waals surface area contributed by atoms with Gasteiger partial charge in [-0.15, -0.1) is 11.8 Å². The van der Waals surface area contributed by atoms with E-state index in [0.717, 1.165) is 30.9 Å². The van der Waals surface area contributed by atoms with Crippen LogP contribution >= 0.6 is 11.8 Å². The smallest absolute Gasteiger partial charge is 0.0587 e. The Morgan fingerprint density at radius 3 is 2.50 bits per heavy atom. The van der Waals surface area contributed by atoms with E-state index in [-0.39, 0.29) is 0 Å². The van der Waals surface area contributed by atoms with Crippen molar-refractivity contribution < 1.29 is 4.74 Å². The third-order valence-electron chi connectivity index (χ3n) is 4.00. The van der Waals surface area contributed by atoms with E-state index < -0.39 is 0 Å². The maximum Gasteiger partial charge on any atom is 0.0587 e. The van der Waals surface area contributed by atoms with Crippen LogP contribution in [0.15, 0.2) is 29.2 Å². The lowest BCUT2D eigenvalue weighted by Crippen LogP contribution is -2.18. The lowest BCUT2D eigenvalue weighted by atomic mass is 9.91. The summed E-state index contributed by atoms with van der Waals surface area (Å²) in [6.45, 7) is 4.99. The van der Waals surface area contributed by atoms with Crippen LogP contribution in [0.3, 0.4) is 0 Å². The van der Waals surface area contributed by atoms with Gasteiger partial charge in [-0.3, -0.25) is 0 Å². The molecule has 112 valence electrons. The normalized spacial score (nSPS) is 22.9. The van der Waals surface area contributed by atoms with E-state index in [1.807, 2.05) is 0 Å². The van der Waals surface area contributed by atoms with Crippen molar-refractivity contribution in [2.45, 2.75) is 49.3 Å². The summed E-state index contributed by atoms with van der Waals surface area (Å²) in [7, 11) is 1.74. The van der Waals surface area contributed by atoms with E-state index in [0.29, 0.717) is 0 Å². The summed E-state index contributed by atoms with van der Waals surface area (Å²) in [6, 6.07) is 9.03. The first-order chi connectivity index (χ1) is 9.78. The van der Waals surface area contributed by atoms with Crippen LogP contribution in [0.1, 0.15) is 38.2 Å². The first-order valence-corrected chi connectivity index (χ1v) is 8.61. The average Bonchev–Trinajstić information content (AvgIpc) is 2.48. The molecule has 3 heteroatoms. The maximum atomic E-state index is 5.03. The van der Waals surface area contributed by atoms with Crippen LogP contribution in [0.5, 0.6) is 0 Å². The summed E-state index contributed by atoms with van der Waals surface area (Å²) < 4.78 is 5.03. The Bertz CT molecular complexity index is 371. The van der Waals surface area contributed by atoms with E-state index >= 15 is 0 Å². The molecule has 0 atom stereocenters. The van der Waals surface area contributed by atoms with E-state index in [1.165, 1.54) is 36.1 Å². The Morgan fingerprint density at radius 1 is 1.15 bits per heavy atom. The molecule has 0 bridgehead atoms. The second-order valence-electron chi connectivity index (χ2n) is 5.81. The highest BCUT2D eigenvalue weighted by Gasteiger charge is 2.18. The predicted molar refractivity (Wildman–Crippen MR) is 87.3 cm³/mol. The molecule has 1 aliphatic rings. The summed E-state index contributed by atoms with van der Waals surface area (Å²) in [5.74, 6) is 0.937. The third kappa shape index (κ3) is 5.47. The van der Waals surface area contributed by atoms with Gasteiger partial charge in [0.15, 0.2) is 0 Å². The Hall–Kier alpha value is -0.510. The van der Waals surface area contributed by atoms with Crippen molar-refractivity contribution >= 4 is 11.8 Å². The van der Waals surface area contributed by atoms with Crippen molar-refractivity contribution in [1.82, 2.24) is 5.32 Å². The van der Waals surface area contributed by atoms with Crippen molar-refractivity contribution in [2.24, 2.45) is 5.92 Å². The van der Waals surface area contributed by atoms with Crippen LogP contribution in [0.2, 0.25) is 0 Å². The summed E-state index contributed by atoms with van der Waals surface area (Å²) >= 11 is 2.07. The molecule has 1 aliphatic carbocycles. The molecule has 1 N–H and O–H groups in total. The fourth-order valence-corrected chi connectivity index (χ4v) is 3.82. The van der Waals surface area contributed by atoms with Gasteiger partial charge in [-0.25, -0.2) is 0 Å². The molecule has 2 rings (SSSR count). The second-order valence-corrected chi connectivity index (χ2v) is 7.19. The van der Waals surface area contributed by atoms with E-state index in [1.54, 1.807) is 7.11 Å². The molecule has 0 aliphatic heterocycles. The number of benzene rings is 1. The average molecular weight is 293 g/mol. The molecule has 0 saturated heterocycles. The van der Waals surface area contributed by atoms with Gasteiger partial charge in [-0.05, 0) is 49.3 Å². The largest absolute Gasteiger partial charge is 0.383 e. The molecule has 1 saturated carbocycles. The fourth-order valence-electron chi connectivity index (χ4n) is 2.63. The molecule has 0 radical (unpaired) electrons. The molecule has 0 aromatic heterocycles. The zero-order valence-corrected chi connectivity index (χ0v) is 13.5. The van der Waals surface area contributed by atoms with Crippen molar-refractivity contribution in [3.63, 3.8) is 0 Å². The second kappa shape index (κ2) is 8.71. The number of methoxy groups -OCH3 is 1. The summed E-state index contributed by atoms with van der Waals surface area (Å²) in [5.41, 5.74) is 1.35. The molecule has 20 heavy (non-hydrogen) atoms. The van der Waals surface area contributed by atoms with Gasteiger partial charge in [0.2, 0.25) is 0 Å². The molecular weight excluding hydrogens is 266 g/mol. The highest BCUT2D eigenvalue weighted by Crippen LogP contribution is 2.35.